The van der Waals surface area contributed by atoms with Gasteiger partial charge in [-0.1, -0.05) is 56.5 Å². The normalized spacial score (nSPS) is 28.6. The zero-order chi connectivity index (χ0) is 30.6. The summed E-state index contributed by atoms with van der Waals surface area (Å²) in [6, 6.07) is 11.1. The Hall–Kier alpha value is -2.55. The highest BCUT2D eigenvalue weighted by molar-refractivity contribution is 7.90. The fourth-order valence-corrected chi connectivity index (χ4v) is 8.70. The molecule has 0 aromatic heterocycles. The van der Waals surface area contributed by atoms with Gasteiger partial charge >= 0.3 is 0 Å². The molecular weight excluding hydrogens is 584 g/mol. The van der Waals surface area contributed by atoms with Crippen LogP contribution in [-0.4, -0.2) is 43.9 Å². The lowest BCUT2D eigenvalue weighted by molar-refractivity contribution is 0.0461. The number of allylic oxidation sites excluding steroid dienone is 1. The monoisotopic (exact) mass is 628 g/mol. The van der Waals surface area contributed by atoms with Gasteiger partial charge in [-0.2, -0.15) is 0 Å². The third-order valence-electron chi connectivity index (χ3n) is 9.56. The Morgan fingerprint density at radius 3 is 2.72 bits per heavy atom. The minimum Gasteiger partial charge on any atom is -0.487 e. The van der Waals surface area contributed by atoms with Crippen molar-refractivity contribution in [2.75, 3.05) is 18.0 Å². The molecule has 7 nitrogen and oxygen atoms in total. The van der Waals surface area contributed by atoms with E-state index >= 15 is 0 Å². The van der Waals surface area contributed by atoms with Crippen molar-refractivity contribution in [2.45, 2.75) is 89.6 Å². The number of carbonyl (C=O) groups is 1. The van der Waals surface area contributed by atoms with Crippen LogP contribution in [-0.2, 0) is 23.1 Å². The lowest BCUT2D eigenvalue weighted by atomic mass is 9.70. The van der Waals surface area contributed by atoms with Crippen LogP contribution in [0.5, 0.6) is 5.75 Å². The molecule has 0 spiro atoms. The minimum atomic E-state index is -3.94. The summed E-state index contributed by atoms with van der Waals surface area (Å²) >= 11 is 6.32. The first-order valence-corrected chi connectivity index (χ1v) is 17.8. The summed E-state index contributed by atoms with van der Waals surface area (Å²) in [5.41, 5.74) is 3.32. The number of nitrogens with zero attached hydrogens (tertiary/aromatic N) is 1. The number of hydrogen-bond acceptors (Lipinski definition) is 6. The van der Waals surface area contributed by atoms with Gasteiger partial charge in [0.05, 0.1) is 17.0 Å². The van der Waals surface area contributed by atoms with Gasteiger partial charge in [0.1, 0.15) is 12.4 Å². The zero-order valence-corrected chi connectivity index (χ0v) is 26.9. The summed E-state index contributed by atoms with van der Waals surface area (Å²) in [5.74, 6) is 0.257. The number of rotatable bonds is 3. The largest absolute Gasteiger partial charge is 0.487 e. The average Bonchev–Trinajstić information content (AvgIpc) is 2.97. The number of ether oxygens (including phenoxy) is 1. The number of aliphatic hydroxyl groups is 1. The molecule has 1 amide bonds. The molecular formula is C34H45ClN2O5S. The van der Waals surface area contributed by atoms with Crippen molar-refractivity contribution in [2.24, 2.45) is 17.8 Å². The van der Waals surface area contributed by atoms with Crippen LogP contribution < -0.4 is 14.4 Å². The number of amides is 1. The number of fused-ring (bicyclic) bond motifs is 3. The Morgan fingerprint density at radius 1 is 1.12 bits per heavy atom. The summed E-state index contributed by atoms with van der Waals surface area (Å²) in [6.45, 7) is 5.78. The van der Waals surface area contributed by atoms with Crippen LogP contribution in [0.25, 0.3) is 0 Å². The van der Waals surface area contributed by atoms with E-state index in [1.165, 1.54) is 5.56 Å². The van der Waals surface area contributed by atoms with E-state index in [9.17, 15) is 18.3 Å². The first-order chi connectivity index (χ1) is 20.7. The van der Waals surface area contributed by atoms with Crippen LogP contribution in [0.1, 0.15) is 86.7 Å². The fraction of sp³-hybridized carbons (Fsp3) is 0.559. The van der Waals surface area contributed by atoms with Gasteiger partial charge in [0.2, 0.25) is 10.0 Å². The average molecular weight is 629 g/mol. The predicted molar refractivity (Wildman–Crippen MR) is 172 cm³/mol. The molecule has 2 heterocycles. The number of benzene rings is 2. The molecule has 1 saturated carbocycles. The van der Waals surface area contributed by atoms with Crippen molar-refractivity contribution < 1.29 is 23.1 Å². The molecule has 5 atom stereocenters. The Morgan fingerprint density at radius 2 is 1.95 bits per heavy atom. The quantitative estimate of drug-likeness (QED) is 0.369. The first kappa shape index (κ1) is 31.9. The van der Waals surface area contributed by atoms with E-state index in [2.05, 4.69) is 9.62 Å². The van der Waals surface area contributed by atoms with Crippen LogP contribution in [0.3, 0.4) is 0 Å². The van der Waals surface area contributed by atoms with Crippen LogP contribution in [0.4, 0.5) is 5.69 Å². The van der Waals surface area contributed by atoms with Crippen molar-refractivity contribution >= 4 is 33.2 Å². The van der Waals surface area contributed by atoms with Gasteiger partial charge in [-0.3, -0.25) is 4.79 Å². The van der Waals surface area contributed by atoms with Crippen LogP contribution in [0.15, 0.2) is 48.6 Å². The maximum Gasteiger partial charge on any atom is 0.264 e. The Bertz CT molecular complexity index is 1430. The van der Waals surface area contributed by atoms with Crippen LogP contribution in [0, 0.1) is 17.8 Å². The second-order valence-electron chi connectivity index (χ2n) is 12.6. The maximum atomic E-state index is 13.6. The Balaban J connectivity index is 1.53. The number of aryl methyl sites for hydroxylation is 1. The fourth-order valence-electron chi connectivity index (χ4n) is 6.78. The molecule has 43 heavy (non-hydrogen) atoms. The molecule has 2 aromatic rings. The number of hydrogen-bond donors (Lipinski definition) is 2. The summed E-state index contributed by atoms with van der Waals surface area (Å²) in [5, 5.41) is 11.1. The van der Waals surface area contributed by atoms with E-state index in [4.69, 9.17) is 16.3 Å². The van der Waals surface area contributed by atoms with Crippen molar-refractivity contribution in [3.63, 3.8) is 0 Å². The molecule has 0 unspecified atom stereocenters. The SMILES string of the molecule is CCCC[C@@H]1[C@H](C)C/C=C/[C@H](O)[C@@H]2CC[C@H]2CN2CCCCc3cc(Cl)ccc3COc3ccc(cc32)C(=O)NS1(=O)=O. The summed E-state index contributed by atoms with van der Waals surface area (Å²) in [4.78, 5) is 15.8. The van der Waals surface area contributed by atoms with Gasteiger partial charge in [-0.05, 0) is 104 Å². The smallest absolute Gasteiger partial charge is 0.264 e. The van der Waals surface area contributed by atoms with Gasteiger partial charge in [0.15, 0.2) is 0 Å². The molecule has 1 aliphatic carbocycles. The molecule has 2 N–H and O–H groups in total. The maximum absolute atomic E-state index is 13.6. The molecule has 234 valence electrons. The lowest BCUT2D eigenvalue weighted by Gasteiger charge is -2.42. The van der Waals surface area contributed by atoms with Crippen molar-refractivity contribution in [3.05, 3.63) is 70.3 Å². The zero-order valence-electron chi connectivity index (χ0n) is 25.3. The van der Waals surface area contributed by atoms with E-state index in [1.54, 1.807) is 18.2 Å². The molecule has 9 heteroatoms. The minimum absolute atomic E-state index is 0.138. The standard InChI is InChI=1S/C34H45ClN2O5S/c1-3-4-11-33-23(2)8-7-10-31(38)29-16-13-26(29)21-37-18-6-5-9-24-19-28(35)15-12-27(24)22-42-32-17-14-25(20-30(32)37)34(39)36-43(33,40)41/h7,10,12,14-15,17,19-20,23,26,29,31,33,38H,3-6,8-9,11,13,16,18,21-22H2,1-2H3,(H,36,39)/b10-7+/t23-,26+,29-,31+,33-/m1/s1. The van der Waals surface area contributed by atoms with Gasteiger partial charge in [-0.25, -0.2) is 13.1 Å². The first-order valence-electron chi connectivity index (χ1n) is 15.9. The third kappa shape index (κ3) is 7.58. The molecule has 2 aromatic carbocycles. The van der Waals surface area contributed by atoms with Gasteiger partial charge < -0.3 is 14.7 Å². The highest BCUT2D eigenvalue weighted by Gasteiger charge is 2.37. The lowest BCUT2D eigenvalue weighted by Crippen LogP contribution is -2.43. The summed E-state index contributed by atoms with van der Waals surface area (Å²) in [6.07, 6.45) is 10.6. The number of halogens is 1. The van der Waals surface area contributed by atoms with Crippen molar-refractivity contribution in [1.82, 2.24) is 4.72 Å². The highest BCUT2D eigenvalue weighted by atomic mass is 35.5. The highest BCUT2D eigenvalue weighted by Crippen LogP contribution is 2.41. The number of carbonyl (C=O) groups excluding carboxylic acids is 1. The Kier molecular flexibility index (Phi) is 10.4. The number of sulfonamides is 1. The molecule has 0 saturated heterocycles. The topological polar surface area (TPSA) is 95.9 Å². The number of nitrogens with one attached hydrogen (secondary N) is 1. The van der Waals surface area contributed by atoms with Crippen LogP contribution >= 0.6 is 11.6 Å². The molecule has 2 bridgehead atoms. The third-order valence-corrected chi connectivity index (χ3v) is 11.8. The van der Waals surface area contributed by atoms with E-state index in [1.807, 2.05) is 44.2 Å². The predicted octanol–water partition coefficient (Wildman–Crippen LogP) is 6.66. The van der Waals surface area contributed by atoms with Crippen molar-refractivity contribution in [3.8, 4) is 5.75 Å². The van der Waals surface area contributed by atoms with E-state index < -0.39 is 27.3 Å². The molecule has 2 aliphatic heterocycles. The number of unbranched alkanes of at least 4 members (excludes halogenated alkanes) is 1. The summed E-state index contributed by atoms with van der Waals surface area (Å²) < 4.78 is 36.0. The molecule has 1 fully saturated rings. The van der Waals surface area contributed by atoms with Crippen LogP contribution in [0.2, 0.25) is 5.02 Å². The summed E-state index contributed by atoms with van der Waals surface area (Å²) in [7, 11) is -3.94. The van der Waals surface area contributed by atoms with E-state index in [-0.39, 0.29) is 17.4 Å². The van der Waals surface area contributed by atoms with Gasteiger partial charge in [0, 0.05) is 23.7 Å². The van der Waals surface area contributed by atoms with Gasteiger partial charge in [-0.15, -0.1) is 0 Å². The van der Waals surface area contributed by atoms with E-state index in [0.29, 0.717) is 36.1 Å². The van der Waals surface area contributed by atoms with E-state index in [0.717, 1.165) is 69.3 Å². The second kappa shape index (κ2) is 14.0. The number of aliphatic hydroxyl groups excluding tert-OH is 1. The second-order valence-corrected chi connectivity index (χ2v) is 14.9. The van der Waals surface area contributed by atoms with Crippen molar-refractivity contribution in [1.29, 1.82) is 0 Å². The molecule has 5 rings (SSSR count). The van der Waals surface area contributed by atoms with Gasteiger partial charge in [0.25, 0.3) is 5.91 Å². The number of anilines is 1. The molecule has 3 aliphatic rings. The molecule has 0 radical (unpaired) electrons. The Labute approximate surface area is 261 Å².